The summed E-state index contributed by atoms with van der Waals surface area (Å²) in [7, 11) is 1.70. The summed E-state index contributed by atoms with van der Waals surface area (Å²) >= 11 is 5.08. The van der Waals surface area contributed by atoms with E-state index in [4.69, 9.17) is 27.4 Å². The Kier molecular flexibility index (Phi) is 5.31. The number of thiocarbonyl (C=S) groups is 1. The molecule has 0 heterocycles. The van der Waals surface area contributed by atoms with Crippen molar-refractivity contribution in [1.82, 2.24) is 0 Å². The summed E-state index contributed by atoms with van der Waals surface area (Å²) in [5.74, 6) is 1.48. The van der Waals surface area contributed by atoms with Gasteiger partial charge in [0.1, 0.15) is 16.5 Å². The molecule has 0 bridgehead atoms. The number of rotatable bonds is 6. The van der Waals surface area contributed by atoms with E-state index in [0.717, 1.165) is 29.0 Å². The van der Waals surface area contributed by atoms with E-state index < -0.39 is 0 Å². The molecule has 0 saturated carbocycles. The summed E-state index contributed by atoms with van der Waals surface area (Å²) in [4.78, 5) is 0.338. The van der Waals surface area contributed by atoms with Gasteiger partial charge in [-0.2, -0.15) is 0 Å². The molecule has 0 aliphatic carbocycles. The maximum atomic E-state index is 5.96. The van der Waals surface area contributed by atoms with Crippen LogP contribution in [0.15, 0.2) is 42.5 Å². The lowest BCUT2D eigenvalue weighted by molar-refractivity contribution is 0.202. The van der Waals surface area contributed by atoms with Gasteiger partial charge >= 0.3 is 0 Å². The van der Waals surface area contributed by atoms with Gasteiger partial charge in [0, 0.05) is 7.11 Å². The molecule has 4 heteroatoms. The van der Waals surface area contributed by atoms with Gasteiger partial charge in [0.15, 0.2) is 0 Å². The minimum atomic E-state index is 0.338. The third-order valence-electron chi connectivity index (χ3n) is 3.22. The number of para-hydroxylation sites is 1. The molecule has 0 aromatic heterocycles. The molecule has 0 spiro atoms. The van der Waals surface area contributed by atoms with Crippen LogP contribution in [0.4, 0.5) is 0 Å². The zero-order valence-electron chi connectivity index (χ0n) is 12.3. The van der Waals surface area contributed by atoms with Gasteiger partial charge in [0.05, 0.1) is 12.2 Å². The fourth-order valence-electron chi connectivity index (χ4n) is 2.04. The Hall–Kier alpha value is -1.91. The minimum absolute atomic E-state index is 0.338. The van der Waals surface area contributed by atoms with Crippen LogP contribution in [0, 0.1) is 6.92 Å². The van der Waals surface area contributed by atoms with Crippen LogP contribution in [0.25, 0.3) is 0 Å². The lowest BCUT2D eigenvalue weighted by Gasteiger charge is -2.13. The molecular weight excluding hydrogens is 282 g/mol. The second kappa shape index (κ2) is 7.20. The first kappa shape index (κ1) is 15.5. The highest BCUT2D eigenvalue weighted by Gasteiger charge is 2.10. The number of methoxy groups -OCH3 is 1. The van der Waals surface area contributed by atoms with E-state index in [1.54, 1.807) is 7.11 Å². The Bertz CT molecular complexity index is 623. The van der Waals surface area contributed by atoms with Crippen LogP contribution >= 0.6 is 12.2 Å². The molecule has 0 atom stereocenters. The van der Waals surface area contributed by atoms with E-state index in [2.05, 4.69) is 0 Å². The fourth-order valence-corrected chi connectivity index (χ4v) is 2.20. The molecule has 3 nitrogen and oxygen atoms in total. The fraction of sp³-hybridized carbons (Fsp3) is 0.235. The Balaban J connectivity index is 2.20. The standard InChI is InChI=1S/C17H19NO2S/c1-12-4-3-5-15(17(18)21)16(12)20-14-8-6-13(7-9-14)10-11-19-2/h3-9H,10-11H2,1-2H3,(H2,18,21). The zero-order valence-corrected chi connectivity index (χ0v) is 13.1. The maximum absolute atomic E-state index is 5.96. The summed E-state index contributed by atoms with van der Waals surface area (Å²) < 4.78 is 11.0. The van der Waals surface area contributed by atoms with Crippen molar-refractivity contribution in [3.63, 3.8) is 0 Å². The molecule has 0 radical (unpaired) electrons. The normalized spacial score (nSPS) is 10.4. The quantitative estimate of drug-likeness (QED) is 0.828. The second-order valence-electron chi connectivity index (χ2n) is 4.80. The Labute approximate surface area is 130 Å². The SMILES string of the molecule is COCCc1ccc(Oc2c(C)cccc2C(N)=S)cc1. The Morgan fingerprint density at radius 2 is 1.86 bits per heavy atom. The van der Waals surface area contributed by atoms with Gasteiger partial charge in [-0.05, 0) is 42.7 Å². The lowest BCUT2D eigenvalue weighted by atomic mass is 10.1. The number of ether oxygens (including phenoxy) is 2. The minimum Gasteiger partial charge on any atom is -0.456 e. The summed E-state index contributed by atoms with van der Waals surface area (Å²) in [5.41, 5.74) is 8.73. The maximum Gasteiger partial charge on any atom is 0.140 e. The monoisotopic (exact) mass is 301 g/mol. The number of hydrogen-bond donors (Lipinski definition) is 1. The van der Waals surface area contributed by atoms with Gasteiger partial charge in [0.25, 0.3) is 0 Å². The Morgan fingerprint density at radius 1 is 1.14 bits per heavy atom. The molecule has 0 aliphatic heterocycles. The molecule has 110 valence electrons. The van der Waals surface area contributed by atoms with E-state index >= 15 is 0 Å². The molecule has 2 aromatic carbocycles. The Morgan fingerprint density at radius 3 is 2.48 bits per heavy atom. The van der Waals surface area contributed by atoms with E-state index in [1.165, 1.54) is 5.56 Å². The van der Waals surface area contributed by atoms with Crippen LogP contribution in [0.3, 0.4) is 0 Å². The molecule has 0 unspecified atom stereocenters. The average Bonchev–Trinajstić information content (AvgIpc) is 2.48. The summed E-state index contributed by atoms with van der Waals surface area (Å²) in [5, 5.41) is 0. The molecule has 0 saturated heterocycles. The number of hydrogen-bond acceptors (Lipinski definition) is 3. The van der Waals surface area contributed by atoms with Gasteiger partial charge in [-0.1, -0.05) is 36.5 Å². The molecule has 0 amide bonds. The third kappa shape index (κ3) is 4.03. The van der Waals surface area contributed by atoms with Crippen LogP contribution in [0.2, 0.25) is 0 Å². The van der Waals surface area contributed by atoms with Gasteiger partial charge in [-0.25, -0.2) is 0 Å². The molecule has 21 heavy (non-hydrogen) atoms. The van der Waals surface area contributed by atoms with Crippen molar-refractivity contribution in [1.29, 1.82) is 0 Å². The molecule has 2 N–H and O–H groups in total. The van der Waals surface area contributed by atoms with E-state index in [1.807, 2.05) is 49.4 Å². The van der Waals surface area contributed by atoms with Crippen LogP contribution in [0.5, 0.6) is 11.5 Å². The smallest absolute Gasteiger partial charge is 0.140 e. The van der Waals surface area contributed by atoms with E-state index in [9.17, 15) is 0 Å². The van der Waals surface area contributed by atoms with E-state index in [0.29, 0.717) is 11.6 Å². The second-order valence-corrected chi connectivity index (χ2v) is 5.24. The van der Waals surface area contributed by atoms with E-state index in [-0.39, 0.29) is 0 Å². The predicted molar refractivity (Wildman–Crippen MR) is 89.2 cm³/mol. The largest absolute Gasteiger partial charge is 0.456 e. The highest BCUT2D eigenvalue weighted by atomic mass is 32.1. The molecule has 2 aromatic rings. The summed E-state index contributed by atoms with van der Waals surface area (Å²) in [6, 6.07) is 13.7. The molecular formula is C17H19NO2S. The van der Waals surface area contributed by atoms with Gasteiger partial charge < -0.3 is 15.2 Å². The van der Waals surface area contributed by atoms with Crippen molar-refractivity contribution in [2.24, 2.45) is 5.73 Å². The summed E-state index contributed by atoms with van der Waals surface area (Å²) in [6.07, 6.45) is 0.888. The van der Waals surface area contributed by atoms with Gasteiger partial charge in [-0.15, -0.1) is 0 Å². The van der Waals surface area contributed by atoms with Crippen molar-refractivity contribution >= 4 is 17.2 Å². The van der Waals surface area contributed by atoms with Crippen molar-refractivity contribution in [2.75, 3.05) is 13.7 Å². The van der Waals surface area contributed by atoms with Crippen LogP contribution in [-0.4, -0.2) is 18.7 Å². The van der Waals surface area contributed by atoms with Crippen molar-refractivity contribution in [3.05, 3.63) is 59.2 Å². The zero-order chi connectivity index (χ0) is 15.2. The van der Waals surface area contributed by atoms with Gasteiger partial charge in [-0.3, -0.25) is 0 Å². The van der Waals surface area contributed by atoms with Crippen molar-refractivity contribution in [3.8, 4) is 11.5 Å². The first-order valence-corrected chi connectivity index (χ1v) is 7.18. The first-order chi connectivity index (χ1) is 10.1. The number of nitrogens with two attached hydrogens (primary N) is 1. The molecule has 0 aliphatic rings. The lowest BCUT2D eigenvalue weighted by Crippen LogP contribution is -2.11. The highest BCUT2D eigenvalue weighted by molar-refractivity contribution is 7.80. The predicted octanol–water partition coefficient (Wildman–Crippen LogP) is 3.61. The topological polar surface area (TPSA) is 44.5 Å². The first-order valence-electron chi connectivity index (χ1n) is 6.77. The highest BCUT2D eigenvalue weighted by Crippen LogP contribution is 2.29. The number of aryl methyl sites for hydroxylation is 1. The van der Waals surface area contributed by atoms with Crippen molar-refractivity contribution in [2.45, 2.75) is 13.3 Å². The molecule has 0 fully saturated rings. The van der Waals surface area contributed by atoms with Crippen molar-refractivity contribution < 1.29 is 9.47 Å². The van der Waals surface area contributed by atoms with Gasteiger partial charge in [0.2, 0.25) is 0 Å². The number of benzene rings is 2. The molecule has 2 rings (SSSR count). The summed E-state index contributed by atoms with van der Waals surface area (Å²) in [6.45, 7) is 2.69. The van der Waals surface area contributed by atoms with Crippen LogP contribution in [0.1, 0.15) is 16.7 Å². The third-order valence-corrected chi connectivity index (χ3v) is 3.44. The van der Waals surface area contributed by atoms with Crippen LogP contribution < -0.4 is 10.5 Å². The average molecular weight is 301 g/mol. The van der Waals surface area contributed by atoms with Crippen LogP contribution in [-0.2, 0) is 11.2 Å².